The highest BCUT2D eigenvalue weighted by molar-refractivity contribution is 7.10. The molecule has 0 spiro atoms. The van der Waals surface area contributed by atoms with E-state index in [0.29, 0.717) is 0 Å². The van der Waals surface area contributed by atoms with Crippen molar-refractivity contribution in [2.75, 3.05) is 0 Å². The van der Waals surface area contributed by atoms with Crippen LogP contribution in [0.3, 0.4) is 0 Å². The summed E-state index contributed by atoms with van der Waals surface area (Å²) in [7, 11) is 0. The average Bonchev–Trinajstić information content (AvgIpc) is 2.83. The van der Waals surface area contributed by atoms with Gasteiger partial charge >= 0.3 is 5.97 Å². The van der Waals surface area contributed by atoms with Gasteiger partial charge in [-0.25, -0.2) is 9.18 Å². The molecule has 0 amide bonds. The first-order chi connectivity index (χ1) is 9.16. The zero-order valence-corrected chi connectivity index (χ0v) is 10.7. The van der Waals surface area contributed by atoms with Crippen molar-refractivity contribution in [3.63, 3.8) is 0 Å². The van der Waals surface area contributed by atoms with Gasteiger partial charge in [0.1, 0.15) is 6.61 Å². The fourth-order valence-electron chi connectivity index (χ4n) is 1.48. The molecule has 19 heavy (non-hydrogen) atoms. The number of aliphatic carboxylic acids is 1. The summed E-state index contributed by atoms with van der Waals surface area (Å²) in [6, 6.07) is 7.96. The fraction of sp³-hybridized carbons (Fsp3) is 0.0714. The fourth-order valence-corrected chi connectivity index (χ4v) is 2.26. The number of benzene rings is 1. The van der Waals surface area contributed by atoms with Crippen molar-refractivity contribution in [2.24, 2.45) is 0 Å². The van der Waals surface area contributed by atoms with Crippen LogP contribution >= 0.6 is 11.3 Å². The number of halogens is 1. The van der Waals surface area contributed by atoms with E-state index in [1.807, 2.05) is 5.38 Å². The second-order valence-electron chi connectivity index (χ2n) is 3.69. The Morgan fingerprint density at radius 1 is 1.37 bits per heavy atom. The molecule has 5 heteroatoms. The maximum Gasteiger partial charge on any atom is 0.328 e. The molecule has 0 saturated carbocycles. The normalized spacial score (nSPS) is 10.8. The lowest BCUT2D eigenvalue weighted by Crippen LogP contribution is -1.96. The minimum Gasteiger partial charge on any atom is -0.485 e. The maximum atomic E-state index is 13.4. The summed E-state index contributed by atoms with van der Waals surface area (Å²) in [5.74, 6) is -1.24. The van der Waals surface area contributed by atoms with Crippen LogP contribution in [0.15, 0.2) is 41.8 Å². The molecule has 2 rings (SSSR count). The zero-order chi connectivity index (χ0) is 13.7. The number of rotatable bonds is 5. The minimum atomic E-state index is -1.01. The van der Waals surface area contributed by atoms with Gasteiger partial charge in [-0.05, 0) is 35.2 Å². The minimum absolute atomic E-state index is 0.184. The van der Waals surface area contributed by atoms with Crippen LogP contribution in [-0.2, 0) is 11.4 Å². The van der Waals surface area contributed by atoms with Gasteiger partial charge in [0.25, 0.3) is 0 Å². The van der Waals surface area contributed by atoms with Crippen molar-refractivity contribution in [3.8, 4) is 5.75 Å². The van der Waals surface area contributed by atoms with Crippen molar-refractivity contribution < 1.29 is 19.0 Å². The van der Waals surface area contributed by atoms with E-state index in [2.05, 4.69) is 0 Å². The number of carbonyl (C=O) groups is 1. The molecule has 0 aliphatic rings. The van der Waals surface area contributed by atoms with E-state index in [-0.39, 0.29) is 12.4 Å². The Balaban J connectivity index is 2.06. The summed E-state index contributed by atoms with van der Waals surface area (Å²) < 4.78 is 18.7. The SMILES string of the molecule is O=C(O)C=Cc1ccsc1COc1ccccc1F. The molecule has 98 valence electrons. The first-order valence-electron chi connectivity index (χ1n) is 5.51. The molecular formula is C14H11FO3S. The van der Waals surface area contributed by atoms with Crippen LogP contribution in [-0.4, -0.2) is 11.1 Å². The van der Waals surface area contributed by atoms with E-state index in [4.69, 9.17) is 9.84 Å². The molecule has 1 aromatic carbocycles. The quantitative estimate of drug-likeness (QED) is 0.850. The van der Waals surface area contributed by atoms with Gasteiger partial charge in [-0.15, -0.1) is 11.3 Å². The number of para-hydroxylation sites is 1. The largest absolute Gasteiger partial charge is 0.485 e. The van der Waals surface area contributed by atoms with Crippen LogP contribution in [0.2, 0.25) is 0 Å². The van der Waals surface area contributed by atoms with Crippen LogP contribution in [0.25, 0.3) is 6.08 Å². The highest BCUT2D eigenvalue weighted by atomic mass is 32.1. The van der Waals surface area contributed by atoms with E-state index in [0.717, 1.165) is 16.5 Å². The number of thiophene rings is 1. The molecule has 0 unspecified atom stereocenters. The van der Waals surface area contributed by atoms with Crippen LogP contribution in [0.4, 0.5) is 4.39 Å². The molecule has 0 fully saturated rings. The monoisotopic (exact) mass is 278 g/mol. The maximum absolute atomic E-state index is 13.4. The van der Waals surface area contributed by atoms with Gasteiger partial charge in [0, 0.05) is 11.0 Å². The average molecular weight is 278 g/mol. The lowest BCUT2D eigenvalue weighted by atomic mass is 10.2. The first-order valence-corrected chi connectivity index (χ1v) is 6.39. The van der Waals surface area contributed by atoms with Crippen molar-refractivity contribution in [3.05, 3.63) is 58.0 Å². The van der Waals surface area contributed by atoms with Gasteiger partial charge in [-0.3, -0.25) is 0 Å². The molecule has 0 atom stereocenters. The number of carboxylic acid groups (broad SMARTS) is 1. The van der Waals surface area contributed by atoms with Gasteiger partial charge in [-0.1, -0.05) is 12.1 Å². The standard InChI is InChI=1S/C14H11FO3S/c15-11-3-1-2-4-12(11)18-9-13-10(7-8-19-13)5-6-14(16)17/h1-8H,9H2,(H,16,17). The summed E-state index contributed by atoms with van der Waals surface area (Å²) in [6.45, 7) is 0.206. The number of ether oxygens (including phenoxy) is 1. The van der Waals surface area contributed by atoms with Crippen LogP contribution in [0.5, 0.6) is 5.75 Å². The molecule has 1 aromatic heterocycles. The molecule has 0 radical (unpaired) electrons. The summed E-state index contributed by atoms with van der Waals surface area (Å²) in [5.41, 5.74) is 0.767. The van der Waals surface area contributed by atoms with E-state index in [1.54, 1.807) is 24.3 Å². The highest BCUT2D eigenvalue weighted by Crippen LogP contribution is 2.22. The molecule has 0 saturated heterocycles. The third-order valence-corrected chi connectivity index (χ3v) is 3.29. The number of hydrogen-bond acceptors (Lipinski definition) is 3. The Labute approximate surface area is 113 Å². The van der Waals surface area contributed by atoms with Crippen molar-refractivity contribution in [1.29, 1.82) is 0 Å². The molecule has 0 aliphatic heterocycles. The lowest BCUT2D eigenvalue weighted by Gasteiger charge is -2.06. The zero-order valence-electron chi connectivity index (χ0n) is 9.88. The van der Waals surface area contributed by atoms with Crippen molar-refractivity contribution in [1.82, 2.24) is 0 Å². The molecule has 3 nitrogen and oxygen atoms in total. The van der Waals surface area contributed by atoms with Gasteiger partial charge in [0.05, 0.1) is 0 Å². The first kappa shape index (κ1) is 13.3. The predicted molar refractivity (Wildman–Crippen MR) is 71.7 cm³/mol. The van der Waals surface area contributed by atoms with Gasteiger partial charge in [0.15, 0.2) is 11.6 Å². The predicted octanol–water partition coefficient (Wildman–Crippen LogP) is 3.56. The van der Waals surface area contributed by atoms with Crippen LogP contribution in [0, 0.1) is 5.82 Å². The van der Waals surface area contributed by atoms with E-state index < -0.39 is 11.8 Å². The second-order valence-corrected chi connectivity index (χ2v) is 4.69. The molecule has 1 N–H and O–H groups in total. The number of carboxylic acids is 1. The molecule has 0 bridgehead atoms. The summed E-state index contributed by atoms with van der Waals surface area (Å²) in [6.07, 6.45) is 2.56. The van der Waals surface area contributed by atoms with Gasteiger partial charge in [0.2, 0.25) is 0 Å². The Hall–Kier alpha value is -2.14. The second kappa shape index (κ2) is 6.15. The molecular weight excluding hydrogens is 267 g/mol. The highest BCUT2D eigenvalue weighted by Gasteiger charge is 2.06. The smallest absolute Gasteiger partial charge is 0.328 e. The summed E-state index contributed by atoms with van der Waals surface area (Å²) in [4.78, 5) is 11.3. The third-order valence-electron chi connectivity index (χ3n) is 2.38. The molecule has 0 aliphatic carbocycles. The van der Waals surface area contributed by atoms with Gasteiger partial charge < -0.3 is 9.84 Å². The topological polar surface area (TPSA) is 46.5 Å². The van der Waals surface area contributed by atoms with Gasteiger partial charge in [-0.2, -0.15) is 0 Å². The van der Waals surface area contributed by atoms with Crippen LogP contribution in [0.1, 0.15) is 10.4 Å². The van der Waals surface area contributed by atoms with E-state index in [9.17, 15) is 9.18 Å². The Morgan fingerprint density at radius 2 is 2.16 bits per heavy atom. The Kier molecular flexibility index (Phi) is 4.30. The molecule has 1 heterocycles. The number of hydrogen-bond donors (Lipinski definition) is 1. The third kappa shape index (κ3) is 3.66. The summed E-state index contributed by atoms with van der Waals surface area (Å²) in [5, 5.41) is 10.4. The van der Waals surface area contributed by atoms with E-state index in [1.165, 1.54) is 23.5 Å². The summed E-state index contributed by atoms with van der Waals surface area (Å²) >= 11 is 1.43. The molecule has 2 aromatic rings. The Morgan fingerprint density at radius 3 is 2.89 bits per heavy atom. The Bertz CT molecular complexity index is 604. The van der Waals surface area contributed by atoms with Crippen molar-refractivity contribution >= 4 is 23.4 Å². The van der Waals surface area contributed by atoms with E-state index >= 15 is 0 Å². The van der Waals surface area contributed by atoms with Crippen LogP contribution < -0.4 is 4.74 Å². The lowest BCUT2D eigenvalue weighted by molar-refractivity contribution is -0.131. The van der Waals surface area contributed by atoms with Crippen molar-refractivity contribution in [2.45, 2.75) is 6.61 Å².